The highest BCUT2D eigenvalue weighted by Crippen LogP contribution is 2.55. The van der Waals surface area contributed by atoms with Crippen molar-refractivity contribution in [3.8, 4) is 5.75 Å². The van der Waals surface area contributed by atoms with Crippen LogP contribution in [0.25, 0.3) is 0 Å². The van der Waals surface area contributed by atoms with Gasteiger partial charge in [0.2, 0.25) is 16.7 Å². The van der Waals surface area contributed by atoms with Gasteiger partial charge >= 0.3 is 0 Å². The van der Waals surface area contributed by atoms with Crippen LogP contribution >= 0.6 is 11.8 Å². The molecule has 3 amide bonds. The Balaban J connectivity index is 1.40. The number of carbonyl (C=O) groups is 3. The van der Waals surface area contributed by atoms with Crippen LogP contribution < -0.4 is 19.9 Å². The van der Waals surface area contributed by atoms with Gasteiger partial charge in [0.15, 0.2) is 0 Å². The molecule has 0 saturated carbocycles. The number of hydrogen-bond donors (Lipinski definition) is 1. The van der Waals surface area contributed by atoms with Crippen LogP contribution in [0.5, 0.6) is 5.75 Å². The summed E-state index contributed by atoms with van der Waals surface area (Å²) in [6.45, 7) is 0.362. The van der Waals surface area contributed by atoms with Crippen molar-refractivity contribution >= 4 is 40.9 Å². The molecule has 8 heteroatoms. The van der Waals surface area contributed by atoms with Crippen molar-refractivity contribution in [3.05, 3.63) is 90.0 Å². The molecule has 0 bridgehead atoms. The highest BCUT2D eigenvalue weighted by Gasteiger charge is 2.61. The molecule has 3 aromatic carbocycles. The van der Waals surface area contributed by atoms with Gasteiger partial charge in [0, 0.05) is 17.8 Å². The van der Waals surface area contributed by atoms with Gasteiger partial charge in [-0.2, -0.15) is 0 Å². The van der Waals surface area contributed by atoms with E-state index >= 15 is 0 Å². The second kappa shape index (κ2) is 9.46. The van der Waals surface area contributed by atoms with Gasteiger partial charge in [-0.05, 0) is 42.3 Å². The Kier molecular flexibility index (Phi) is 6.21. The highest BCUT2D eigenvalue weighted by molar-refractivity contribution is 8.02. The normalized spacial score (nSPS) is 18.8. The van der Waals surface area contributed by atoms with Gasteiger partial charge < -0.3 is 10.1 Å². The molecule has 0 aromatic heterocycles. The van der Waals surface area contributed by atoms with Crippen molar-refractivity contribution in [2.75, 3.05) is 35.8 Å². The Morgan fingerprint density at radius 2 is 1.71 bits per heavy atom. The number of nitrogens with one attached hydrogen (secondary N) is 1. The quantitative estimate of drug-likeness (QED) is 0.553. The van der Waals surface area contributed by atoms with Crippen molar-refractivity contribution in [3.63, 3.8) is 0 Å². The summed E-state index contributed by atoms with van der Waals surface area (Å²) in [5.74, 6) is 0.144. The molecule has 1 saturated heterocycles. The first-order chi connectivity index (χ1) is 17.0. The summed E-state index contributed by atoms with van der Waals surface area (Å²) in [4.78, 5) is 41.7. The summed E-state index contributed by atoms with van der Waals surface area (Å²) in [6.07, 6.45) is 0.705. The van der Waals surface area contributed by atoms with Crippen LogP contribution in [0.15, 0.2) is 78.9 Å². The van der Waals surface area contributed by atoms with Crippen molar-refractivity contribution < 1.29 is 19.1 Å². The topological polar surface area (TPSA) is 79.0 Å². The van der Waals surface area contributed by atoms with Crippen LogP contribution in [0.1, 0.15) is 11.1 Å². The number of nitrogens with zero attached hydrogens (tertiary/aromatic N) is 2. The number of amides is 3. The van der Waals surface area contributed by atoms with Gasteiger partial charge in [-0.3, -0.25) is 24.2 Å². The second-order valence-corrected chi connectivity index (χ2v) is 9.52. The number of carbonyl (C=O) groups excluding carboxylic acids is 3. The Morgan fingerprint density at radius 1 is 1.00 bits per heavy atom. The number of thioether (sulfide) groups is 1. The number of hydrogen-bond acceptors (Lipinski definition) is 5. The zero-order valence-corrected chi connectivity index (χ0v) is 20.1. The summed E-state index contributed by atoms with van der Waals surface area (Å²) in [5.41, 5.74) is 3.11. The first kappa shape index (κ1) is 23.0. The fraction of sp³-hybridized carbons (Fsp3) is 0.222. The number of benzene rings is 3. The smallest absolute Gasteiger partial charge is 0.269 e. The van der Waals surface area contributed by atoms with Crippen molar-refractivity contribution in [1.29, 1.82) is 0 Å². The average molecular weight is 488 g/mol. The lowest BCUT2D eigenvalue weighted by Crippen LogP contribution is -2.51. The summed E-state index contributed by atoms with van der Waals surface area (Å²) in [6, 6.07) is 24.4. The molecule has 3 aromatic rings. The molecule has 7 nitrogen and oxygen atoms in total. The van der Waals surface area contributed by atoms with Crippen molar-refractivity contribution in [2.24, 2.45) is 0 Å². The molecular formula is C27H25N3O4S. The molecular weight excluding hydrogens is 462 g/mol. The zero-order chi connectivity index (χ0) is 24.4. The Morgan fingerprint density at radius 3 is 2.46 bits per heavy atom. The zero-order valence-electron chi connectivity index (χ0n) is 19.3. The van der Waals surface area contributed by atoms with Crippen LogP contribution in [0.3, 0.4) is 0 Å². The molecule has 35 heavy (non-hydrogen) atoms. The molecule has 1 atom stereocenters. The maximum absolute atomic E-state index is 14.0. The third kappa shape index (κ3) is 4.04. The molecule has 0 unspecified atom stereocenters. The minimum absolute atomic E-state index is 0.114. The number of para-hydroxylation sites is 1. The van der Waals surface area contributed by atoms with E-state index in [0.717, 1.165) is 5.56 Å². The van der Waals surface area contributed by atoms with Crippen LogP contribution in [0.4, 0.5) is 11.4 Å². The van der Waals surface area contributed by atoms with E-state index in [-0.39, 0.29) is 30.0 Å². The van der Waals surface area contributed by atoms with E-state index < -0.39 is 4.87 Å². The van der Waals surface area contributed by atoms with E-state index in [2.05, 4.69) is 5.32 Å². The predicted octanol–water partition coefficient (Wildman–Crippen LogP) is 3.33. The minimum atomic E-state index is -1.24. The summed E-state index contributed by atoms with van der Waals surface area (Å²) >= 11 is 1.29. The van der Waals surface area contributed by atoms with Crippen molar-refractivity contribution in [1.82, 2.24) is 5.32 Å². The number of methoxy groups -OCH3 is 1. The SMILES string of the molecule is COc1ccc(N2C(=O)CS[C@@]23C(=O)N(CC(=O)NCCc2ccccc2)c2ccccc23)cc1. The predicted molar refractivity (Wildman–Crippen MR) is 137 cm³/mol. The molecule has 2 aliphatic heterocycles. The van der Waals surface area contributed by atoms with Gasteiger partial charge in [-0.1, -0.05) is 48.5 Å². The Hall–Kier alpha value is -3.78. The largest absolute Gasteiger partial charge is 0.497 e. The van der Waals surface area contributed by atoms with E-state index in [4.69, 9.17) is 4.74 Å². The number of rotatable bonds is 7. The maximum atomic E-state index is 14.0. The van der Waals surface area contributed by atoms with E-state index in [1.165, 1.54) is 16.7 Å². The van der Waals surface area contributed by atoms with Gasteiger partial charge in [0.05, 0.1) is 18.6 Å². The molecule has 1 N–H and O–H groups in total. The molecule has 1 fully saturated rings. The van der Waals surface area contributed by atoms with E-state index in [1.807, 2.05) is 54.6 Å². The third-order valence-corrected chi connectivity index (χ3v) is 7.66. The Labute approximate surface area is 208 Å². The van der Waals surface area contributed by atoms with Crippen molar-refractivity contribution in [2.45, 2.75) is 11.3 Å². The molecule has 0 aliphatic carbocycles. The molecule has 178 valence electrons. The summed E-state index contributed by atoms with van der Waals surface area (Å²) in [7, 11) is 1.58. The fourth-order valence-corrected chi connectivity index (χ4v) is 5.99. The molecule has 0 radical (unpaired) electrons. The van der Waals surface area contributed by atoms with E-state index in [0.29, 0.717) is 35.7 Å². The average Bonchev–Trinajstić information content (AvgIpc) is 3.35. The van der Waals surface area contributed by atoms with Crippen LogP contribution in [-0.4, -0.2) is 43.7 Å². The number of anilines is 2. The van der Waals surface area contributed by atoms with Gasteiger partial charge in [0.25, 0.3) is 5.91 Å². The van der Waals surface area contributed by atoms with E-state index in [1.54, 1.807) is 36.3 Å². The van der Waals surface area contributed by atoms with Crippen LogP contribution in [0, 0.1) is 0 Å². The van der Waals surface area contributed by atoms with E-state index in [9.17, 15) is 14.4 Å². The summed E-state index contributed by atoms with van der Waals surface area (Å²) in [5, 5.41) is 2.92. The van der Waals surface area contributed by atoms with Gasteiger partial charge in [0.1, 0.15) is 12.3 Å². The lowest BCUT2D eigenvalue weighted by molar-refractivity contribution is -0.125. The third-order valence-electron chi connectivity index (χ3n) is 6.27. The monoisotopic (exact) mass is 487 g/mol. The molecule has 2 heterocycles. The molecule has 2 aliphatic rings. The second-order valence-electron chi connectivity index (χ2n) is 8.35. The highest BCUT2D eigenvalue weighted by atomic mass is 32.2. The van der Waals surface area contributed by atoms with Gasteiger partial charge in [-0.15, -0.1) is 11.8 Å². The number of ether oxygens (including phenoxy) is 1. The Bertz CT molecular complexity index is 1260. The first-order valence-corrected chi connectivity index (χ1v) is 12.4. The molecule has 5 rings (SSSR count). The lowest BCUT2D eigenvalue weighted by Gasteiger charge is -2.33. The first-order valence-electron chi connectivity index (χ1n) is 11.4. The maximum Gasteiger partial charge on any atom is 0.269 e. The summed E-state index contributed by atoms with van der Waals surface area (Å²) < 4.78 is 5.25. The minimum Gasteiger partial charge on any atom is -0.497 e. The molecule has 1 spiro atoms. The lowest BCUT2D eigenvalue weighted by atomic mass is 10.0. The van der Waals surface area contributed by atoms with Crippen LogP contribution in [-0.2, 0) is 25.7 Å². The number of fused-ring (bicyclic) bond motifs is 2. The standard InChI is InChI=1S/C27H25N3O4S/c1-34-21-13-11-20(12-14-21)30-25(32)18-35-27(30)22-9-5-6-10-23(22)29(26(27)33)17-24(31)28-16-15-19-7-3-2-4-8-19/h2-14H,15-18H2,1H3,(H,28,31)/t27-/m0/s1. The van der Waals surface area contributed by atoms with Crippen LogP contribution in [0.2, 0.25) is 0 Å². The fourth-order valence-electron chi connectivity index (χ4n) is 4.63. The van der Waals surface area contributed by atoms with Gasteiger partial charge in [-0.25, -0.2) is 0 Å².